The minimum absolute atomic E-state index is 0.104. The predicted octanol–water partition coefficient (Wildman–Crippen LogP) is 1.87. The number of piperidine rings is 1. The number of hydrogen-bond donors (Lipinski definition) is 0. The van der Waals surface area contributed by atoms with Crippen molar-refractivity contribution < 1.29 is 0 Å². The molecule has 0 aromatic carbocycles. The van der Waals surface area contributed by atoms with Crippen LogP contribution in [0, 0.1) is 17.2 Å². The zero-order valence-corrected chi connectivity index (χ0v) is 8.98. The number of aromatic nitrogens is 2. The molecule has 5 heteroatoms. The van der Waals surface area contributed by atoms with Crippen molar-refractivity contribution in [3.63, 3.8) is 0 Å². The predicted molar refractivity (Wildman–Crippen MR) is 57.6 cm³/mol. The first-order valence-corrected chi connectivity index (χ1v) is 5.30. The normalized spacial score (nSPS) is 21.1. The number of hydrogen-bond acceptors (Lipinski definition) is 4. The van der Waals surface area contributed by atoms with Crippen LogP contribution in [-0.4, -0.2) is 23.1 Å². The molecule has 0 radical (unpaired) electrons. The van der Waals surface area contributed by atoms with Gasteiger partial charge < -0.3 is 4.90 Å². The van der Waals surface area contributed by atoms with Crippen molar-refractivity contribution in [2.45, 2.75) is 12.8 Å². The average molecular weight is 223 g/mol. The van der Waals surface area contributed by atoms with Crippen LogP contribution in [0.4, 0.5) is 5.82 Å². The fourth-order valence-corrected chi connectivity index (χ4v) is 1.94. The van der Waals surface area contributed by atoms with Gasteiger partial charge in [0.1, 0.15) is 5.82 Å². The number of halogens is 1. The number of anilines is 1. The van der Waals surface area contributed by atoms with Gasteiger partial charge in [-0.2, -0.15) is 5.26 Å². The summed E-state index contributed by atoms with van der Waals surface area (Å²) >= 11 is 5.72. The molecule has 1 unspecified atom stereocenters. The lowest BCUT2D eigenvalue weighted by atomic mass is 10.00. The van der Waals surface area contributed by atoms with Crippen molar-refractivity contribution in [3.05, 3.63) is 17.5 Å². The summed E-state index contributed by atoms with van der Waals surface area (Å²) in [5.41, 5.74) is 0. The number of nitriles is 1. The minimum atomic E-state index is 0.104. The van der Waals surface area contributed by atoms with Gasteiger partial charge in [-0.15, -0.1) is 0 Å². The third kappa shape index (κ3) is 2.37. The molecule has 0 amide bonds. The fraction of sp³-hybridized carbons (Fsp3) is 0.500. The van der Waals surface area contributed by atoms with Crippen LogP contribution in [0.3, 0.4) is 0 Å². The van der Waals surface area contributed by atoms with Gasteiger partial charge in [-0.25, -0.2) is 9.97 Å². The van der Waals surface area contributed by atoms with Crippen LogP contribution in [0.25, 0.3) is 0 Å². The van der Waals surface area contributed by atoms with E-state index in [4.69, 9.17) is 16.9 Å². The van der Waals surface area contributed by atoms with E-state index in [0.29, 0.717) is 0 Å². The Hall–Kier alpha value is -1.34. The summed E-state index contributed by atoms with van der Waals surface area (Å²) in [6, 6.07) is 4.13. The third-order valence-corrected chi connectivity index (χ3v) is 2.72. The lowest BCUT2D eigenvalue weighted by Gasteiger charge is -2.30. The molecule has 1 aliphatic rings. The Morgan fingerprint density at radius 2 is 2.47 bits per heavy atom. The van der Waals surface area contributed by atoms with Gasteiger partial charge >= 0.3 is 0 Å². The molecule has 1 aromatic rings. The molecule has 1 aliphatic heterocycles. The Morgan fingerprint density at radius 3 is 3.20 bits per heavy atom. The van der Waals surface area contributed by atoms with Crippen LogP contribution in [0.2, 0.25) is 5.28 Å². The summed E-state index contributed by atoms with van der Waals surface area (Å²) in [6.07, 6.45) is 3.65. The molecule has 2 rings (SSSR count). The van der Waals surface area contributed by atoms with E-state index < -0.39 is 0 Å². The minimum Gasteiger partial charge on any atom is -0.355 e. The Morgan fingerprint density at radius 1 is 1.60 bits per heavy atom. The summed E-state index contributed by atoms with van der Waals surface area (Å²) in [7, 11) is 0. The van der Waals surface area contributed by atoms with Crippen molar-refractivity contribution in [2.24, 2.45) is 5.92 Å². The first-order valence-electron chi connectivity index (χ1n) is 4.92. The molecule has 4 nitrogen and oxygen atoms in total. The van der Waals surface area contributed by atoms with Crippen LogP contribution < -0.4 is 4.90 Å². The SMILES string of the molecule is N#CC1CCCN(c2ccnc(Cl)n2)C1. The monoisotopic (exact) mass is 222 g/mol. The van der Waals surface area contributed by atoms with E-state index in [1.165, 1.54) is 0 Å². The largest absolute Gasteiger partial charge is 0.355 e. The highest BCUT2D eigenvalue weighted by atomic mass is 35.5. The topological polar surface area (TPSA) is 52.8 Å². The molecule has 1 atom stereocenters. The Bertz CT molecular complexity index is 387. The molecule has 0 spiro atoms. The molecule has 0 aliphatic carbocycles. The molecule has 2 heterocycles. The molecule has 15 heavy (non-hydrogen) atoms. The van der Waals surface area contributed by atoms with Crippen molar-refractivity contribution in [1.82, 2.24) is 9.97 Å². The van der Waals surface area contributed by atoms with Gasteiger partial charge in [-0.1, -0.05) is 0 Å². The van der Waals surface area contributed by atoms with E-state index in [9.17, 15) is 0 Å². The summed E-state index contributed by atoms with van der Waals surface area (Å²) in [5.74, 6) is 0.919. The Kier molecular flexibility index (Phi) is 3.02. The van der Waals surface area contributed by atoms with Crippen LogP contribution in [-0.2, 0) is 0 Å². The maximum Gasteiger partial charge on any atom is 0.224 e. The molecule has 1 saturated heterocycles. The van der Waals surface area contributed by atoms with Gasteiger partial charge in [-0.3, -0.25) is 0 Å². The molecule has 0 N–H and O–H groups in total. The second-order valence-corrected chi connectivity index (χ2v) is 3.94. The van der Waals surface area contributed by atoms with Crippen molar-refractivity contribution in [3.8, 4) is 6.07 Å². The first-order chi connectivity index (χ1) is 7.29. The van der Waals surface area contributed by atoms with E-state index in [0.717, 1.165) is 31.7 Å². The lowest BCUT2D eigenvalue weighted by molar-refractivity contribution is 0.490. The maximum atomic E-state index is 8.87. The van der Waals surface area contributed by atoms with E-state index in [2.05, 4.69) is 20.9 Å². The van der Waals surface area contributed by atoms with E-state index in [1.54, 1.807) is 6.20 Å². The zero-order valence-electron chi connectivity index (χ0n) is 8.23. The number of rotatable bonds is 1. The summed E-state index contributed by atoms with van der Waals surface area (Å²) in [5, 5.41) is 9.13. The van der Waals surface area contributed by atoms with Crippen molar-refractivity contribution >= 4 is 17.4 Å². The lowest BCUT2D eigenvalue weighted by Crippen LogP contribution is -2.35. The summed E-state index contributed by atoms with van der Waals surface area (Å²) in [6.45, 7) is 1.68. The highest BCUT2D eigenvalue weighted by Gasteiger charge is 2.20. The van der Waals surface area contributed by atoms with Gasteiger partial charge in [0, 0.05) is 19.3 Å². The molecular formula is C10H11ClN4. The average Bonchev–Trinajstić information content (AvgIpc) is 2.29. The first kappa shape index (κ1) is 10.2. The van der Waals surface area contributed by atoms with Gasteiger partial charge in [0.05, 0.1) is 12.0 Å². The molecule has 1 fully saturated rings. The summed E-state index contributed by atoms with van der Waals surface area (Å²) < 4.78 is 0. The molecule has 0 saturated carbocycles. The fourth-order valence-electron chi connectivity index (χ4n) is 1.79. The highest BCUT2D eigenvalue weighted by molar-refractivity contribution is 6.28. The molecule has 1 aromatic heterocycles. The van der Waals surface area contributed by atoms with Crippen molar-refractivity contribution in [1.29, 1.82) is 5.26 Å². The van der Waals surface area contributed by atoms with Gasteiger partial charge in [-0.05, 0) is 30.5 Å². The van der Waals surface area contributed by atoms with Crippen LogP contribution in [0.5, 0.6) is 0 Å². The van der Waals surface area contributed by atoms with E-state index in [1.807, 2.05) is 6.07 Å². The van der Waals surface area contributed by atoms with Gasteiger partial charge in [0.2, 0.25) is 5.28 Å². The van der Waals surface area contributed by atoms with Crippen LogP contribution in [0.15, 0.2) is 12.3 Å². The van der Waals surface area contributed by atoms with Crippen molar-refractivity contribution in [2.75, 3.05) is 18.0 Å². The zero-order chi connectivity index (χ0) is 10.7. The second-order valence-electron chi connectivity index (χ2n) is 3.60. The van der Waals surface area contributed by atoms with E-state index >= 15 is 0 Å². The number of nitrogens with zero attached hydrogens (tertiary/aromatic N) is 4. The molecule has 0 bridgehead atoms. The van der Waals surface area contributed by atoms with Gasteiger partial charge in [0.15, 0.2) is 0 Å². The Labute approximate surface area is 93.5 Å². The molecular weight excluding hydrogens is 212 g/mol. The van der Waals surface area contributed by atoms with E-state index in [-0.39, 0.29) is 11.2 Å². The second kappa shape index (κ2) is 4.45. The summed E-state index contributed by atoms with van der Waals surface area (Å²) in [4.78, 5) is 10.1. The smallest absolute Gasteiger partial charge is 0.224 e. The third-order valence-electron chi connectivity index (χ3n) is 2.54. The van der Waals surface area contributed by atoms with Gasteiger partial charge in [0.25, 0.3) is 0 Å². The van der Waals surface area contributed by atoms with Crippen LogP contribution in [0.1, 0.15) is 12.8 Å². The standard InChI is InChI=1S/C10H11ClN4/c11-10-13-4-3-9(14-10)15-5-1-2-8(6-12)7-15/h3-4,8H,1-2,5,7H2. The quantitative estimate of drug-likeness (QED) is 0.681. The maximum absolute atomic E-state index is 8.87. The van der Waals surface area contributed by atoms with Crippen LogP contribution >= 0.6 is 11.6 Å². The highest BCUT2D eigenvalue weighted by Crippen LogP contribution is 2.21. The Balaban J connectivity index is 2.14. The molecule has 78 valence electrons.